The molecule has 0 saturated carbocycles. The first-order chi connectivity index (χ1) is 16.0. The summed E-state index contributed by atoms with van der Waals surface area (Å²) in [5.41, 5.74) is 0.736. The number of aliphatic hydroxyl groups is 1. The van der Waals surface area contributed by atoms with Gasteiger partial charge < -0.3 is 19.5 Å². The topological polar surface area (TPSA) is 76.1 Å². The summed E-state index contributed by atoms with van der Waals surface area (Å²) in [7, 11) is 3.01. The van der Waals surface area contributed by atoms with Gasteiger partial charge >= 0.3 is 0 Å². The van der Waals surface area contributed by atoms with Crippen molar-refractivity contribution in [1.82, 2.24) is 0 Å². The molecule has 0 bridgehead atoms. The number of hydrogen-bond acceptors (Lipinski definition) is 5. The van der Waals surface area contributed by atoms with Gasteiger partial charge in [-0.3, -0.25) is 9.59 Å². The van der Waals surface area contributed by atoms with Crippen molar-refractivity contribution >= 4 is 17.4 Å². The Morgan fingerprint density at radius 3 is 2.36 bits per heavy atom. The number of amides is 1. The van der Waals surface area contributed by atoms with Crippen LogP contribution in [-0.4, -0.2) is 37.6 Å². The molecule has 4 rings (SSSR count). The van der Waals surface area contributed by atoms with Crippen molar-refractivity contribution < 1.29 is 24.2 Å². The Morgan fingerprint density at radius 2 is 1.64 bits per heavy atom. The van der Waals surface area contributed by atoms with Gasteiger partial charge in [0.05, 0.1) is 26.3 Å². The molecule has 1 aliphatic rings. The van der Waals surface area contributed by atoms with E-state index < -0.39 is 11.5 Å². The Labute approximate surface area is 193 Å². The molecule has 0 aliphatic carbocycles. The van der Waals surface area contributed by atoms with Gasteiger partial charge in [0.25, 0.3) is 5.91 Å². The molecule has 6 heteroatoms. The molecule has 0 saturated heterocycles. The number of carbonyl (C=O) groups excluding carboxylic acids is 2. The third kappa shape index (κ3) is 4.34. The molecule has 1 atom stereocenters. The lowest BCUT2D eigenvalue weighted by Gasteiger charge is -2.23. The fourth-order valence-corrected chi connectivity index (χ4v) is 4.33. The van der Waals surface area contributed by atoms with Crippen LogP contribution >= 0.6 is 0 Å². The van der Waals surface area contributed by atoms with E-state index >= 15 is 0 Å². The molecule has 33 heavy (non-hydrogen) atoms. The maximum atomic E-state index is 13.4. The normalized spacial score (nSPS) is 17.1. The van der Waals surface area contributed by atoms with Crippen LogP contribution in [0.25, 0.3) is 0 Å². The zero-order chi connectivity index (χ0) is 23.4. The zero-order valence-corrected chi connectivity index (χ0v) is 18.8. The Hall–Kier alpha value is -3.64. The first-order valence-electron chi connectivity index (χ1n) is 10.9. The molecule has 0 aromatic heterocycles. The zero-order valence-electron chi connectivity index (χ0n) is 18.8. The second kappa shape index (κ2) is 9.46. The summed E-state index contributed by atoms with van der Waals surface area (Å²) in [4.78, 5) is 28.1. The summed E-state index contributed by atoms with van der Waals surface area (Å²) < 4.78 is 10.5. The monoisotopic (exact) mass is 445 g/mol. The number of carbonyl (C=O) groups is 2. The SMILES string of the molecule is COc1ccc(C(=O)C[C@@]2(O)C(=O)N(CCCc3ccccc3)c3ccccc32)cc1OC. The van der Waals surface area contributed by atoms with E-state index in [1.807, 2.05) is 30.3 Å². The number of methoxy groups -OCH3 is 2. The molecular weight excluding hydrogens is 418 g/mol. The van der Waals surface area contributed by atoms with Crippen molar-refractivity contribution in [2.24, 2.45) is 0 Å². The molecule has 3 aromatic carbocycles. The summed E-state index contributed by atoms with van der Waals surface area (Å²) >= 11 is 0. The second-order valence-electron chi connectivity index (χ2n) is 8.09. The molecule has 1 heterocycles. The average molecular weight is 446 g/mol. The van der Waals surface area contributed by atoms with Gasteiger partial charge in [-0.25, -0.2) is 0 Å². The lowest BCUT2D eigenvalue weighted by atomic mass is 9.88. The number of nitrogens with zero attached hydrogens (tertiary/aromatic N) is 1. The minimum absolute atomic E-state index is 0.342. The highest BCUT2D eigenvalue weighted by atomic mass is 16.5. The van der Waals surface area contributed by atoms with Crippen LogP contribution in [0.3, 0.4) is 0 Å². The summed E-state index contributed by atoms with van der Waals surface area (Å²) in [5.74, 6) is 0.0917. The summed E-state index contributed by atoms with van der Waals surface area (Å²) in [6.07, 6.45) is 1.20. The molecular formula is C27H27NO5. The number of ether oxygens (including phenoxy) is 2. The van der Waals surface area contributed by atoms with Crippen LogP contribution in [0.4, 0.5) is 5.69 Å². The second-order valence-corrected chi connectivity index (χ2v) is 8.09. The maximum Gasteiger partial charge on any atom is 0.264 e. The Morgan fingerprint density at radius 1 is 0.939 bits per heavy atom. The smallest absolute Gasteiger partial charge is 0.264 e. The van der Waals surface area contributed by atoms with Crippen molar-refractivity contribution in [1.29, 1.82) is 0 Å². The van der Waals surface area contributed by atoms with Gasteiger partial charge in [0.2, 0.25) is 0 Å². The van der Waals surface area contributed by atoms with E-state index in [9.17, 15) is 14.7 Å². The van der Waals surface area contributed by atoms with Crippen LogP contribution in [0.15, 0.2) is 72.8 Å². The van der Waals surface area contributed by atoms with Crippen molar-refractivity contribution in [2.75, 3.05) is 25.7 Å². The Balaban J connectivity index is 1.55. The molecule has 1 N–H and O–H groups in total. The minimum atomic E-state index is -1.91. The van der Waals surface area contributed by atoms with Crippen LogP contribution in [0.1, 0.15) is 34.3 Å². The molecule has 0 radical (unpaired) electrons. The number of para-hydroxylation sites is 1. The number of rotatable bonds is 9. The largest absolute Gasteiger partial charge is 0.493 e. The molecule has 170 valence electrons. The molecule has 0 spiro atoms. The first-order valence-corrected chi connectivity index (χ1v) is 10.9. The maximum absolute atomic E-state index is 13.4. The van der Waals surface area contributed by atoms with Gasteiger partial charge in [0.15, 0.2) is 22.9 Å². The third-order valence-corrected chi connectivity index (χ3v) is 6.05. The summed E-state index contributed by atoms with van der Waals surface area (Å²) in [6.45, 7) is 0.456. The van der Waals surface area contributed by atoms with E-state index in [-0.39, 0.29) is 12.2 Å². The van der Waals surface area contributed by atoms with Gasteiger partial charge in [-0.1, -0.05) is 48.5 Å². The highest BCUT2D eigenvalue weighted by Crippen LogP contribution is 2.43. The van der Waals surface area contributed by atoms with Crippen LogP contribution < -0.4 is 14.4 Å². The van der Waals surface area contributed by atoms with Crippen LogP contribution in [-0.2, 0) is 16.8 Å². The van der Waals surface area contributed by atoms with Gasteiger partial charge in [-0.2, -0.15) is 0 Å². The highest BCUT2D eigenvalue weighted by Gasteiger charge is 2.50. The predicted molar refractivity (Wildman–Crippen MR) is 126 cm³/mol. The number of Topliss-reactive ketones (excluding diaryl/α,β-unsaturated/α-hetero) is 1. The predicted octanol–water partition coefficient (Wildman–Crippen LogP) is 4.14. The minimum Gasteiger partial charge on any atom is -0.493 e. The summed E-state index contributed by atoms with van der Waals surface area (Å²) in [5, 5.41) is 11.5. The van der Waals surface area contributed by atoms with E-state index in [0.717, 1.165) is 12.8 Å². The van der Waals surface area contributed by atoms with Gasteiger partial charge in [0, 0.05) is 17.7 Å². The standard InChI is InChI=1S/C27H27NO5/c1-32-24-15-14-20(17-25(24)33-2)23(29)18-27(31)21-12-6-7-13-22(21)28(26(27)30)16-8-11-19-9-4-3-5-10-19/h3-7,9-10,12-15,17,31H,8,11,16,18H2,1-2H3/t27-/m0/s1. The molecule has 6 nitrogen and oxygen atoms in total. The quantitative estimate of drug-likeness (QED) is 0.501. The number of benzene rings is 3. The number of ketones is 1. The van der Waals surface area contributed by atoms with Crippen LogP contribution in [0, 0.1) is 0 Å². The number of anilines is 1. The summed E-state index contributed by atoms with van der Waals surface area (Å²) in [6, 6.07) is 22.0. The van der Waals surface area contributed by atoms with E-state index in [2.05, 4.69) is 12.1 Å². The third-order valence-electron chi connectivity index (χ3n) is 6.05. The number of fused-ring (bicyclic) bond motifs is 1. The lowest BCUT2D eigenvalue weighted by Crippen LogP contribution is -2.42. The highest BCUT2D eigenvalue weighted by molar-refractivity contribution is 6.10. The van der Waals surface area contributed by atoms with E-state index in [1.54, 1.807) is 35.2 Å². The fourth-order valence-electron chi connectivity index (χ4n) is 4.33. The lowest BCUT2D eigenvalue weighted by molar-refractivity contribution is -0.135. The fraction of sp³-hybridized carbons (Fsp3) is 0.259. The van der Waals surface area contributed by atoms with Gasteiger partial charge in [-0.05, 0) is 42.7 Å². The van der Waals surface area contributed by atoms with E-state index in [1.165, 1.54) is 19.8 Å². The number of aryl methyl sites for hydroxylation is 1. The molecule has 1 aliphatic heterocycles. The van der Waals surface area contributed by atoms with Crippen molar-refractivity contribution in [3.05, 3.63) is 89.5 Å². The molecule has 1 amide bonds. The molecule has 3 aromatic rings. The first kappa shape index (κ1) is 22.6. The van der Waals surface area contributed by atoms with E-state index in [0.29, 0.717) is 34.9 Å². The van der Waals surface area contributed by atoms with E-state index in [4.69, 9.17) is 9.47 Å². The number of hydrogen-bond donors (Lipinski definition) is 1. The van der Waals surface area contributed by atoms with Crippen LogP contribution in [0.5, 0.6) is 11.5 Å². The molecule has 0 unspecified atom stereocenters. The van der Waals surface area contributed by atoms with Crippen molar-refractivity contribution in [2.45, 2.75) is 24.9 Å². The van der Waals surface area contributed by atoms with Gasteiger partial charge in [-0.15, -0.1) is 0 Å². The van der Waals surface area contributed by atoms with Crippen molar-refractivity contribution in [3.63, 3.8) is 0 Å². The van der Waals surface area contributed by atoms with Crippen molar-refractivity contribution in [3.8, 4) is 11.5 Å². The van der Waals surface area contributed by atoms with Gasteiger partial charge in [0.1, 0.15) is 0 Å². The average Bonchev–Trinajstić information content (AvgIpc) is 3.06. The Kier molecular flexibility index (Phi) is 6.47. The Bertz CT molecular complexity index is 1160. The molecule has 0 fully saturated rings. The van der Waals surface area contributed by atoms with Crippen LogP contribution in [0.2, 0.25) is 0 Å².